The van der Waals surface area contributed by atoms with E-state index in [1.165, 1.54) is 16.3 Å². The first kappa shape index (κ1) is 12.6. The van der Waals surface area contributed by atoms with E-state index in [1.54, 1.807) is 0 Å². The molecule has 2 atom stereocenters. The Kier molecular flexibility index (Phi) is 3.78. The molecule has 2 aromatic carbocycles. The van der Waals surface area contributed by atoms with Gasteiger partial charge in [-0.2, -0.15) is 0 Å². The number of benzene rings is 2. The zero-order valence-electron chi connectivity index (χ0n) is 11.2. The van der Waals surface area contributed by atoms with Crippen molar-refractivity contribution in [3.05, 3.63) is 48.0 Å². The molecule has 100 valence electrons. The molecule has 1 fully saturated rings. The number of likely N-dealkylation sites (N-methyl/N-ethyl adjacent to an activating group) is 1. The second-order valence-electron chi connectivity index (χ2n) is 5.01. The van der Waals surface area contributed by atoms with Gasteiger partial charge in [-0.3, -0.25) is 0 Å². The van der Waals surface area contributed by atoms with Gasteiger partial charge in [-0.15, -0.1) is 0 Å². The van der Waals surface area contributed by atoms with Crippen LogP contribution in [0.1, 0.15) is 11.6 Å². The van der Waals surface area contributed by atoms with Crippen molar-refractivity contribution in [1.29, 1.82) is 0 Å². The Morgan fingerprint density at radius 2 is 2.05 bits per heavy atom. The highest BCUT2D eigenvalue weighted by Gasteiger charge is 2.23. The first-order valence-electron chi connectivity index (χ1n) is 6.85. The third kappa shape index (κ3) is 2.63. The molecule has 3 heteroatoms. The Labute approximate surface area is 114 Å². The van der Waals surface area contributed by atoms with Gasteiger partial charge in [-0.05, 0) is 29.4 Å². The number of nitrogens with one attached hydrogen (secondary N) is 2. The standard InChI is InChI=1S/C16H20N2O/c1-17-16(15-11-19-9-8-18-15)14-7-6-12-4-2-3-5-13(12)10-14/h2-7,10,15-18H,8-9,11H2,1H3. The highest BCUT2D eigenvalue weighted by molar-refractivity contribution is 5.83. The van der Waals surface area contributed by atoms with Crippen molar-refractivity contribution in [2.75, 3.05) is 26.8 Å². The Balaban J connectivity index is 1.91. The van der Waals surface area contributed by atoms with Gasteiger partial charge in [0.2, 0.25) is 0 Å². The van der Waals surface area contributed by atoms with E-state index in [-0.39, 0.29) is 6.04 Å². The van der Waals surface area contributed by atoms with Crippen LogP contribution in [0.3, 0.4) is 0 Å². The van der Waals surface area contributed by atoms with Crippen molar-refractivity contribution < 1.29 is 4.74 Å². The maximum Gasteiger partial charge on any atom is 0.0638 e. The summed E-state index contributed by atoms with van der Waals surface area (Å²) in [6.07, 6.45) is 0. The van der Waals surface area contributed by atoms with Gasteiger partial charge in [-0.25, -0.2) is 0 Å². The molecule has 2 aromatic rings. The third-order valence-corrected chi connectivity index (χ3v) is 3.80. The van der Waals surface area contributed by atoms with Crippen LogP contribution < -0.4 is 10.6 Å². The second-order valence-corrected chi connectivity index (χ2v) is 5.01. The van der Waals surface area contributed by atoms with Gasteiger partial charge in [-0.1, -0.05) is 36.4 Å². The summed E-state index contributed by atoms with van der Waals surface area (Å²) in [5.74, 6) is 0. The van der Waals surface area contributed by atoms with Gasteiger partial charge >= 0.3 is 0 Å². The van der Waals surface area contributed by atoms with Crippen molar-refractivity contribution in [2.45, 2.75) is 12.1 Å². The Morgan fingerprint density at radius 3 is 2.79 bits per heavy atom. The van der Waals surface area contributed by atoms with Gasteiger partial charge in [0.15, 0.2) is 0 Å². The largest absolute Gasteiger partial charge is 0.378 e. The highest BCUT2D eigenvalue weighted by Crippen LogP contribution is 2.23. The SMILES string of the molecule is CNC(c1ccc2ccccc2c1)C1COCCN1. The van der Waals surface area contributed by atoms with E-state index < -0.39 is 0 Å². The van der Waals surface area contributed by atoms with Crippen LogP contribution in [0.4, 0.5) is 0 Å². The van der Waals surface area contributed by atoms with Crippen molar-refractivity contribution in [3.8, 4) is 0 Å². The smallest absolute Gasteiger partial charge is 0.0638 e. The molecule has 1 aliphatic rings. The molecule has 0 bridgehead atoms. The Morgan fingerprint density at radius 1 is 1.21 bits per heavy atom. The minimum Gasteiger partial charge on any atom is -0.378 e. The molecule has 0 saturated carbocycles. The maximum absolute atomic E-state index is 5.57. The van der Waals surface area contributed by atoms with Crippen LogP contribution in [0, 0.1) is 0 Å². The highest BCUT2D eigenvalue weighted by atomic mass is 16.5. The van der Waals surface area contributed by atoms with Gasteiger partial charge < -0.3 is 15.4 Å². The van der Waals surface area contributed by atoms with E-state index in [0.29, 0.717) is 6.04 Å². The number of hydrogen-bond donors (Lipinski definition) is 2. The van der Waals surface area contributed by atoms with Crippen molar-refractivity contribution in [2.24, 2.45) is 0 Å². The molecule has 0 aliphatic carbocycles. The first-order valence-corrected chi connectivity index (χ1v) is 6.85. The van der Waals surface area contributed by atoms with Gasteiger partial charge in [0.1, 0.15) is 0 Å². The summed E-state index contributed by atoms with van der Waals surface area (Å²) in [4.78, 5) is 0. The van der Waals surface area contributed by atoms with Crippen LogP contribution in [-0.4, -0.2) is 32.8 Å². The van der Waals surface area contributed by atoms with Crippen molar-refractivity contribution in [1.82, 2.24) is 10.6 Å². The summed E-state index contributed by atoms with van der Waals surface area (Å²) < 4.78 is 5.57. The average Bonchev–Trinajstić information content (AvgIpc) is 2.49. The molecular formula is C16H20N2O. The molecule has 1 heterocycles. The summed E-state index contributed by atoms with van der Waals surface area (Å²) in [7, 11) is 2.01. The lowest BCUT2D eigenvalue weighted by Crippen LogP contribution is -2.48. The van der Waals surface area contributed by atoms with Crippen LogP contribution in [-0.2, 0) is 4.74 Å². The van der Waals surface area contributed by atoms with Crippen LogP contribution in [0.2, 0.25) is 0 Å². The van der Waals surface area contributed by atoms with Crippen LogP contribution >= 0.6 is 0 Å². The molecule has 0 amide bonds. The summed E-state index contributed by atoms with van der Waals surface area (Å²) in [6.45, 7) is 2.50. The molecule has 3 nitrogen and oxygen atoms in total. The molecule has 19 heavy (non-hydrogen) atoms. The predicted octanol–water partition coefficient (Wildman–Crippen LogP) is 2.09. The fourth-order valence-corrected chi connectivity index (χ4v) is 2.80. The predicted molar refractivity (Wildman–Crippen MR) is 78.4 cm³/mol. The average molecular weight is 256 g/mol. The van der Waals surface area contributed by atoms with E-state index in [1.807, 2.05) is 7.05 Å². The zero-order valence-corrected chi connectivity index (χ0v) is 11.2. The second kappa shape index (κ2) is 5.70. The molecule has 2 N–H and O–H groups in total. The summed E-state index contributed by atoms with van der Waals surface area (Å²) >= 11 is 0. The van der Waals surface area contributed by atoms with E-state index in [0.717, 1.165) is 19.8 Å². The number of morpholine rings is 1. The maximum atomic E-state index is 5.57. The molecule has 1 saturated heterocycles. The van der Waals surface area contributed by atoms with Crippen LogP contribution in [0.15, 0.2) is 42.5 Å². The summed E-state index contributed by atoms with van der Waals surface area (Å²) in [5, 5.41) is 9.51. The third-order valence-electron chi connectivity index (χ3n) is 3.80. The van der Waals surface area contributed by atoms with E-state index >= 15 is 0 Å². The lowest BCUT2D eigenvalue weighted by Gasteiger charge is -2.31. The zero-order chi connectivity index (χ0) is 13.1. The van der Waals surface area contributed by atoms with E-state index in [2.05, 4.69) is 53.1 Å². The molecule has 0 spiro atoms. The molecule has 3 rings (SSSR count). The molecule has 1 aliphatic heterocycles. The van der Waals surface area contributed by atoms with Crippen molar-refractivity contribution >= 4 is 10.8 Å². The summed E-state index contributed by atoms with van der Waals surface area (Å²) in [6, 6.07) is 15.8. The minimum absolute atomic E-state index is 0.282. The van der Waals surface area contributed by atoms with E-state index in [9.17, 15) is 0 Å². The normalized spacial score (nSPS) is 21.4. The Hall–Kier alpha value is -1.42. The van der Waals surface area contributed by atoms with Gasteiger partial charge in [0.25, 0.3) is 0 Å². The first-order chi connectivity index (χ1) is 9.38. The molecule has 0 radical (unpaired) electrons. The number of fused-ring (bicyclic) bond motifs is 1. The fourth-order valence-electron chi connectivity index (χ4n) is 2.80. The summed E-state index contributed by atoms with van der Waals surface area (Å²) in [5.41, 5.74) is 1.31. The van der Waals surface area contributed by atoms with Gasteiger partial charge in [0, 0.05) is 12.6 Å². The van der Waals surface area contributed by atoms with E-state index in [4.69, 9.17) is 4.74 Å². The Bertz CT molecular complexity index is 549. The van der Waals surface area contributed by atoms with Gasteiger partial charge in [0.05, 0.1) is 19.3 Å². The lowest BCUT2D eigenvalue weighted by atomic mass is 9.96. The van der Waals surface area contributed by atoms with Crippen molar-refractivity contribution in [3.63, 3.8) is 0 Å². The number of rotatable bonds is 3. The van der Waals surface area contributed by atoms with Crippen LogP contribution in [0.25, 0.3) is 10.8 Å². The number of hydrogen-bond acceptors (Lipinski definition) is 3. The minimum atomic E-state index is 0.282. The molecule has 0 aromatic heterocycles. The molecule has 2 unspecified atom stereocenters. The fraction of sp³-hybridized carbons (Fsp3) is 0.375. The lowest BCUT2D eigenvalue weighted by molar-refractivity contribution is 0.0646. The molecular weight excluding hydrogens is 236 g/mol. The van der Waals surface area contributed by atoms with Crippen LogP contribution in [0.5, 0.6) is 0 Å². The number of ether oxygens (including phenoxy) is 1. The monoisotopic (exact) mass is 256 g/mol. The topological polar surface area (TPSA) is 33.3 Å². The quantitative estimate of drug-likeness (QED) is 0.882.